The molecule has 0 aliphatic carbocycles. The van der Waals surface area contributed by atoms with Crippen molar-refractivity contribution in [2.24, 2.45) is 0 Å². The molecular formula is C21H24ClN5O6. The molecule has 33 heavy (non-hydrogen) atoms. The number of hydrogen-bond donors (Lipinski definition) is 4. The number of aromatic amines is 2. The number of fused-ring (bicyclic) bond motifs is 2. The van der Waals surface area contributed by atoms with Gasteiger partial charge in [0.05, 0.1) is 17.0 Å². The van der Waals surface area contributed by atoms with Crippen molar-refractivity contribution in [3.05, 3.63) is 81.6 Å². The highest BCUT2D eigenvalue weighted by molar-refractivity contribution is 6.30. The van der Waals surface area contributed by atoms with E-state index in [0.717, 1.165) is 9.13 Å². The molecule has 176 valence electrons. The average molecular weight is 478 g/mol. The van der Waals surface area contributed by atoms with Crippen LogP contribution >= 0.6 is 11.6 Å². The largest absolute Gasteiger partial charge is 0.494 e. The van der Waals surface area contributed by atoms with E-state index in [1.54, 1.807) is 33.8 Å². The summed E-state index contributed by atoms with van der Waals surface area (Å²) >= 11 is 6.19. The topological polar surface area (TPSA) is 174 Å². The summed E-state index contributed by atoms with van der Waals surface area (Å²) in [6.45, 7) is 6.65. The molecule has 3 heterocycles. The Balaban J connectivity index is 0.00000306. The third kappa shape index (κ3) is 3.68. The third-order valence-corrected chi connectivity index (χ3v) is 5.63. The molecule has 0 spiro atoms. The van der Waals surface area contributed by atoms with Crippen LogP contribution < -0.4 is 33.4 Å². The van der Waals surface area contributed by atoms with Gasteiger partial charge in [0.25, 0.3) is 11.1 Å². The maximum atomic E-state index is 13.4. The number of aromatic hydroxyl groups is 1. The van der Waals surface area contributed by atoms with Gasteiger partial charge in [0, 0.05) is 22.7 Å². The van der Waals surface area contributed by atoms with Crippen LogP contribution in [-0.2, 0) is 0 Å². The second-order valence-corrected chi connectivity index (χ2v) is 8.56. The van der Waals surface area contributed by atoms with Gasteiger partial charge >= 0.3 is 11.4 Å². The summed E-state index contributed by atoms with van der Waals surface area (Å²) in [6, 6.07) is 3.62. The van der Waals surface area contributed by atoms with Gasteiger partial charge in [-0.15, -0.1) is 0 Å². The van der Waals surface area contributed by atoms with Crippen molar-refractivity contribution in [1.29, 1.82) is 0 Å². The van der Waals surface area contributed by atoms with Gasteiger partial charge in [-0.25, -0.2) is 9.59 Å². The van der Waals surface area contributed by atoms with E-state index >= 15 is 0 Å². The normalized spacial score (nSPS) is 14.5. The van der Waals surface area contributed by atoms with Crippen LogP contribution in [0.4, 0.5) is 0 Å². The van der Waals surface area contributed by atoms with Crippen molar-refractivity contribution in [2.45, 2.75) is 45.7 Å². The zero-order valence-corrected chi connectivity index (χ0v) is 19.2. The summed E-state index contributed by atoms with van der Waals surface area (Å²) in [4.78, 5) is 56.0. The number of rotatable bonds is 3. The lowest BCUT2D eigenvalue weighted by molar-refractivity contribution is 0.368. The highest BCUT2D eigenvalue weighted by atomic mass is 35.5. The van der Waals surface area contributed by atoms with Crippen LogP contribution in [0.25, 0.3) is 0 Å². The lowest BCUT2D eigenvalue weighted by Crippen LogP contribution is -2.42. The lowest BCUT2D eigenvalue weighted by Gasteiger charge is -2.29. The molecule has 1 aliphatic heterocycles. The fourth-order valence-corrected chi connectivity index (χ4v) is 4.22. The number of hydrogen-bond acceptors (Lipinski definition) is 7. The first kappa shape index (κ1) is 24.1. The SMILES string of the molecule is CC(C)n1c(O)c(C2c3cc(Cl)ccc3Oc3[nH]c(=O)n(C(C)C)c(=O)c32)c(=O)[nH]c1=O.N. The van der Waals surface area contributed by atoms with Gasteiger partial charge < -0.3 is 16.0 Å². The van der Waals surface area contributed by atoms with E-state index in [9.17, 15) is 24.3 Å². The number of nitrogens with zero attached hydrogens (tertiary/aromatic N) is 2. The number of benzene rings is 1. The molecule has 0 bridgehead atoms. The summed E-state index contributed by atoms with van der Waals surface area (Å²) in [5.41, 5.74) is -2.96. The molecule has 0 amide bonds. The monoisotopic (exact) mass is 477 g/mol. The first-order chi connectivity index (χ1) is 15.0. The number of aromatic nitrogens is 4. The van der Waals surface area contributed by atoms with Crippen LogP contribution in [0.3, 0.4) is 0 Å². The molecule has 11 nitrogen and oxygen atoms in total. The fourth-order valence-electron chi connectivity index (χ4n) is 4.04. The fraction of sp³-hybridized carbons (Fsp3) is 0.333. The van der Waals surface area contributed by atoms with Crippen molar-refractivity contribution in [3.63, 3.8) is 0 Å². The zero-order chi connectivity index (χ0) is 23.5. The first-order valence-electron chi connectivity index (χ1n) is 9.96. The lowest BCUT2D eigenvalue weighted by atomic mass is 9.84. The van der Waals surface area contributed by atoms with Gasteiger partial charge in [-0.05, 0) is 45.9 Å². The van der Waals surface area contributed by atoms with Crippen molar-refractivity contribution >= 4 is 11.6 Å². The Morgan fingerprint density at radius 1 is 0.970 bits per heavy atom. The van der Waals surface area contributed by atoms with E-state index in [2.05, 4.69) is 9.97 Å². The number of ether oxygens (including phenoxy) is 1. The zero-order valence-electron chi connectivity index (χ0n) is 18.4. The Morgan fingerprint density at radius 2 is 1.58 bits per heavy atom. The molecule has 0 saturated carbocycles. The minimum absolute atomic E-state index is 0. The number of nitrogens with one attached hydrogen (secondary N) is 2. The summed E-state index contributed by atoms with van der Waals surface area (Å²) < 4.78 is 7.78. The van der Waals surface area contributed by atoms with Crippen molar-refractivity contribution in [2.75, 3.05) is 0 Å². The Hall–Kier alpha value is -3.57. The minimum atomic E-state index is -1.16. The van der Waals surface area contributed by atoms with Crippen molar-refractivity contribution < 1.29 is 9.84 Å². The molecule has 12 heteroatoms. The smallest absolute Gasteiger partial charge is 0.331 e. The van der Waals surface area contributed by atoms with Gasteiger partial charge in [0.1, 0.15) is 5.75 Å². The Labute approximate surface area is 191 Å². The van der Waals surface area contributed by atoms with Gasteiger partial charge in [0.2, 0.25) is 11.8 Å². The first-order valence-corrected chi connectivity index (χ1v) is 10.3. The van der Waals surface area contributed by atoms with Crippen molar-refractivity contribution in [1.82, 2.24) is 25.3 Å². The summed E-state index contributed by atoms with van der Waals surface area (Å²) in [6.07, 6.45) is 0. The number of halogens is 1. The standard InChI is InChI=1S/C21H21ClN4O6.H3N/c1-8(2)25-18(28)14(16(27)23-20(25)30)13-11-7-10(22)5-6-12(11)32-17-15(13)19(29)26(9(3)4)21(31)24-17;/h5-9,13,28H,1-4H3,(H,24,31)(H,23,27,30);1H3. The van der Waals surface area contributed by atoms with Crippen LogP contribution in [0, 0.1) is 0 Å². The molecular weight excluding hydrogens is 454 g/mol. The predicted molar refractivity (Wildman–Crippen MR) is 123 cm³/mol. The highest BCUT2D eigenvalue weighted by Crippen LogP contribution is 2.46. The maximum Gasteiger partial charge on any atom is 0.331 e. The van der Waals surface area contributed by atoms with Crippen LogP contribution in [0.2, 0.25) is 5.02 Å². The van der Waals surface area contributed by atoms with Crippen LogP contribution in [-0.4, -0.2) is 24.2 Å². The van der Waals surface area contributed by atoms with Gasteiger partial charge in [-0.2, -0.15) is 0 Å². The second-order valence-electron chi connectivity index (χ2n) is 8.12. The Morgan fingerprint density at radius 3 is 2.18 bits per heavy atom. The molecule has 1 unspecified atom stereocenters. The van der Waals surface area contributed by atoms with Crippen LogP contribution in [0.15, 0.2) is 37.4 Å². The molecule has 4 rings (SSSR count). The Bertz CT molecular complexity index is 1480. The minimum Gasteiger partial charge on any atom is -0.494 e. The van der Waals surface area contributed by atoms with E-state index in [4.69, 9.17) is 16.3 Å². The van der Waals surface area contributed by atoms with E-state index in [1.807, 2.05) is 0 Å². The third-order valence-electron chi connectivity index (χ3n) is 5.39. The predicted octanol–water partition coefficient (Wildman–Crippen LogP) is 2.36. The molecule has 2 aromatic heterocycles. The second kappa shape index (κ2) is 8.41. The van der Waals surface area contributed by atoms with E-state index in [0.29, 0.717) is 10.6 Å². The van der Waals surface area contributed by atoms with Gasteiger partial charge in [0.15, 0.2) is 0 Å². The van der Waals surface area contributed by atoms with E-state index < -0.39 is 46.4 Å². The molecule has 0 saturated heterocycles. The van der Waals surface area contributed by atoms with Gasteiger partial charge in [-0.3, -0.25) is 28.7 Å². The number of H-pyrrole nitrogens is 2. The van der Waals surface area contributed by atoms with E-state index in [-0.39, 0.29) is 28.9 Å². The van der Waals surface area contributed by atoms with Crippen LogP contribution in [0.1, 0.15) is 62.4 Å². The molecule has 0 fully saturated rings. The highest BCUT2D eigenvalue weighted by Gasteiger charge is 2.38. The molecule has 3 aromatic rings. The summed E-state index contributed by atoms with van der Waals surface area (Å²) in [5, 5.41) is 11.3. The van der Waals surface area contributed by atoms with Crippen molar-refractivity contribution in [3.8, 4) is 17.5 Å². The molecule has 1 aromatic carbocycles. The molecule has 1 atom stereocenters. The Kier molecular flexibility index (Phi) is 6.14. The van der Waals surface area contributed by atoms with E-state index in [1.165, 1.54) is 12.1 Å². The van der Waals surface area contributed by atoms with Gasteiger partial charge in [-0.1, -0.05) is 11.6 Å². The average Bonchev–Trinajstić information content (AvgIpc) is 2.66. The molecule has 0 radical (unpaired) electrons. The quantitative estimate of drug-likeness (QED) is 0.350. The molecule has 1 aliphatic rings. The van der Waals surface area contributed by atoms with Crippen LogP contribution in [0.5, 0.6) is 17.5 Å². The molecule has 6 N–H and O–H groups in total. The summed E-state index contributed by atoms with van der Waals surface area (Å²) in [7, 11) is 0. The summed E-state index contributed by atoms with van der Waals surface area (Å²) in [5.74, 6) is -1.64. The maximum absolute atomic E-state index is 13.4.